The number of allylic oxidation sites excluding steroid dienone is 2. The van der Waals surface area contributed by atoms with Crippen LogP contribution < -0.4 is 0 Å². The van der Waals surface area contributed by atoms with Crippen molar-refractivity contribution >= 4 is 13.3 Å². The Kier molecular flexibility index (Phi) is 8.90. The van der Waals surface area contributed by atoms with Gasteiger partial charge in [0, 0.05) is 0 Å². The molecule has 0 N–H and O–H groups in total. The second-order valence-electron chi connectivity index (χ2n) is 4.18. The van der Waals surface area contributed by atoms with Crippen LogP contribution in [-0.4, -0.2) is 25.5 Å². The topological polar surface area (TPSA) is 47.9 Å². The van der Waals surface area contributed by atoms with Gasteiger partial charge in [-0.2, -0.15) is 0 Å². The Hall–Kier alpha value is -0.700. The maximum atomic E-state index is 12.8. The molecular formula is C14H26NO3P. The minimum absolute atomic E-state index is 0.139. The summed E-state index contributed by atoms with van der Waals surface area (Å²) in [6.07, 6.45) is 3.48. The number of hydrogen-bond acceptors (Lipinski definition) is 4. The standard InChI is InChI=1S/C14H26NO3P/c1-7-11-15-14(12(5)6)13(8-2)19(16,17-9-3)18-10-4/h7-8,12H,1,9-11H2,2-6H3/b13-8+,15-14?. The molecule has 0 atom stereocenters. The zero-order chi connectivity index (χ0) is 14.9. The van der Waals surface area contributed by atoms with Gasteiger partial charge in [-0.25, -0.2) is 0 Å². The Balaban J connectivity index is 5.57. The zero-order valence-electron chi connectivity index (χ0n) is 12.7. The highest BCUT2D eigenvalue weighted by Gasteiger charge is 2.33. The Morgan fingerprint density at radius 3 is 2.16 bits per heavy atom. The van der Waals surface area contributed by atoms with Crippen LogP contribution in [0.2, 0.25) is 0 Å². The van der Waals surface area contributed by atoms with Crippen LogP contribution in [0.4, 0.5) is 0 Å². The molecule has 0 saturated carbocycles. The Morgan fingerprint density at radius 1 is 1.32 bits per heavy atom. The van der Waals surface area contributed by atoms with Crippen LogP contribution in [0, 0.1) is 5.92 Å². The minimum atomic E-state index is -3.28. The summed E-state index contributed by atoms with van der Waals surface area (Å²) in [5, 5.41) is 0.563. The lowest BCUT2D eigenvalue weighted by atomic mass is 10.1. The van der Waals surface area contributed by atoms with Gasteiger partial charge in [-0.05, 0) is 26.7 Å². The molecule has 110 valence electrons. The molecule has 5 heteroatoms. The first-order valence-electron chi connectivity index (χ1n) is 6.68. The van der Waals surface area contributed by atoms with E-state index in [2.05, 4.69) is 11.6 Å². The predicted octanol–water partition coefficient (Wildman–Crippen LogP) is 4.44. The fourth-order valence-electron chi connectivity index (χ4n) is 1.68. The summed E-state index contributed by atoms with van der Waals surface area (Å²) in [6.45, 7) is 14.3. The highest BCUT2D eigenvalue weighted by molar-refractivity contribution is 7.60. The molecule has 19 heavy (non-hydrogen) atoms. The molecule has 4 nitrogen and oxygen atoms in total. The molecule has 0 radical (unpaired) electrons. The third-order valence-electron chi connectivity index (χ3n) is 2.37. The van der Waals surface area contributed by atoms with Crippen molar-refractivity contribution in [3.8, 4) is 0 Å². The molecule has 0 heterocycles. The molecule has 0 spiro atoms. The molecule has 0 aromatic rings. The normalized spacial score (nSPS) is 14.0. The summed E-state index contributed by atoms with van der Waals surface area (Å²) in [4.78, 5) is 4.44. The van der Waals surface area contributed by atoms with Crippen molar-refractivity contribution < 1.29 is 13.6 Å². The van der Waals surface area contributed by atoms with Gasteiger partial charge in [0.05, 0.1) is 30.8 Å². The van der Waals surface area contributed by atoms with Gasteiger partial charge < -0.3 is 9.05 Å². The van der Waals surface area contributed by atoms with E-state index < -0.39 is 7.60 Å². The first-order chi connectivity index (χ1) is 8.96. The number of aliphatic imine (C=N–C) groups is 1. The fraction of sp³-hybridized carbons (Fsp3) is 0.643. The summed E-state index contributed by atoms with van der Waals surface area (Å²) in [5.74, 6) is 0.139. The lowest BCUT2D eigenvalue weighted by molar-refractivity contribution is 0.227. The Labute approximate surface area is 117 Å². The average Bonchev–Trinajstić information content (AvgIpc) is 2.34. The highest BCUT2D eigenvalue weighted by atomic mass is 31.2. The van der Waals surface area contributed by atoms with E-state index in [4.69, 9.17) is 9.05 Å². The van der Waals surface area contributed by atoms with Crippen molar-refractivity contribution in [1.29, 1.82) is 0 Å². The van der Waals surface area contributed by atoms with Crippen molar-refractivity contribution in [3.05, 3.63) is 24.0 Å². The maximum Gasteiger partial charge on any atom is 0.362 e. The molecule has 0 aromatic carbocycles. The summed E-state index contributed by atoms with van der Waals surface area (Å²) in [6, 6.07) is 0. The number of rotatable bonds is 9. The van der Waals surface area contributed by atoms with E-state index in [1.165, 1.54) is 0 Å². The van der Waals surface area contributed by atoms with Crippen molar-refractivity contribution in [2.75, 3.05) is 19.8 Å². The van der Waals surface area contributed by atoms with Gasteiger partial charge in [-0.3, -0.25) is 9.56 Å². The largest absolute Gasteiger partial charge is 0.362 e. The van der Waals surface area contributed by atoms with Crippen LogP contribution in [0.1, 0.15) is 34.6 Å². The first-order valence-corrected chi connectivity index (χ1v) is 8.22. The zero-order valence-corrected chi connectivity index (χ0v) is 13.6. The summed E-state index contributed by atoms with van der Waals surface area (Å²) in [7, 11) is -3.28. The van der Waals surface area contributed by atoms with Crippen LogP contribution in [-0.2, 0) is 13.6 Å². The fourth-order valence-corrected chi connectivity index (χ4v) is 3.64. The van der Waals surface area contributed by atoms with E-state index >= 15 is 0 Å². The number of hydrogen-bond donors (Lipinski definition) is 0. The van der Waals surface area contributed by atoms with Crippen LogP contribution in [0.15, 0.2) is 29.0 Å². The van der Waals surface area contributed by atoms with E-state index in [-0.39, 0.29) is 5.92 Å². The average molecular weight is 287 g/mol. The van der Waals surface area contributed by atoms with E-state index in [0.717, 1.165) is 5.71 Å². The molecule has 0 unspecified atom stereocenters. The summed E-state index contributed by atoms with van der Waals surface area (Å²) in [5.41, 5.74) is 0.757. The molecule has 0 aromatic heterocycles. The summed E-state index contributed by atoms with van der Waals surface area (Å²) >= 11 is 0. The molecule has 0 saturated heterocycles. The molecule has 0 aliphatic rings. The van der Waals surface area contributed by atoms with Crippen molar-refractivity contribution in [2.24, 2.45) is 10.9 Å². The van der Waals surface area contributed by atoms with E-state index in [1.807, 2.05) is 20.8 Å². The van der Waals surface area contributed by atoms with Crippen LogP contribution in [0.5, 0.6) is 0 Å². The molecule has 0 aliphatic heterocycles. The van der Waals surface area contributed by atoms with Crippen molar-refractivity contribution in [1.82, 2.24) is 0 Å². The molecule has 0 bridgehead atoms. The smallest absolute Gasteiger partial charge is 0.305 e. The maximum absolute atomic E-state index is 12.8. The summed E-state index contributed by atoms with van der Waals surface area (Å²) < 4.78 is 23.6. The van der Waals surface area contributed by atoms with Gasteiger partial charge in [-0.1, -0.05) is 26.0 Å². The second-order valence-corrected chi connectivity index (χ2v) is 6.17. The Bertz CT molecular complexity index is 376. The van der Waals surface area contributed by atoms with Gasteiger partial charge in [0.1, 0.15) is 0 Å². The molecule has 0 amide bonds. The van der Waals surface area contributed by atoms with Crippen LogP contribution in [0.25, 0.3) is 0 Å². The van der Waals surface area contributed by atoms with Gasteiger partial charge in [0.2, 0.25) is 0 Å². The molecule has 0 fully saturated rings. The van der Waals surface area contributed by atoms with Crippen molar-refractivity contribution in [2.45, 2.75) is 34.6 Å². The molecule has 0 rings (SSSR count). The van der Waals surface area contributed by atoms with Crippen LogP contribution in [0.3, 0.4) is 0 Å². The predicted molar refractivity (Wildman–Crippen MR) is 82.0 cm³/mol. The molecular weight excluding hydrogens is 261 g/mol. The lowest BCUT2D eigenvalue weighted by Gasteiger charge is -2.22. The third kappa shape index (κ3) is 5.43. The van der Waals surface area contributed by atoms with E-state index in [0.29, 0.717) is 25.1 Å². The van der Waals surface area contributed by atoms with E-state index in [9.17, 15) is 4.57 Å². The lowest BCUT2D eigenvalue weighted by Crippen LogP contribution is -2.14. The van der Waals surface area contributed by atoms with Gasteiger partial charge >= 0.3 is 7.60 Å². The monoisotopic (exact) mass is 287 g/mol. The van der Waals surface area contributed by atoms with Gasteiger partial charge in [0.15, 0.2) is 0 Å². The third-order valence-corrected chi connectivity index (χ3v) is 4.64. The molecule has 0 aliphatic carbocycles. The highest BCUT2D eigenvalue weighted by Crippen LogP contribution is 2.57. The van der Waals surface area contributed by atoms with Crippen LogP contribution >= 0.6 is 7.60 Å². The number of nitrogens with zero attached hydrogens (tertiary/aromatic N) is 1. The quantitative estimate of drug-likeness (QED) is 0.358. The minimum Gasteiger partial charge on any atom is -0.305 e. The Morgan fingerprint density at radius 2 is 1.84 bits per heavy atom. The SMILES string of the molecule is C=CCN=C(/C(=C\C)P(=O)(OCC)OCC)C(C)C. The van der Waals surface area contributed by atoms with Crippen molar-refractivity contribution in [3.63, 3.8) is 0 Å². The van der Waals surface area contributed by atoms with Gasteiger partial charge in [-0.15, -0.1) is 6.58 Å². The first kappa shape index (κ1) is 18.3. The van der Waals surface area contributed by atoms with E-state index in [1.54, 1.807) is 26.0 Å². The van der Waals surface area contributed by atoms with Gasteiger partial charge in [0.25, 0.3) is 0 Å². The second kappa shape index (κ2) is 9.24.